The molecule has 1 N–H and O–H groups in total. The van der Waals surface area contributed by atoms with Gasteiger partial charge in [0.25, 0.3) is 0 Å². The topological polar surface area (TPSA) is 17.0 Å². The van der Waals surface area contributed by atoms with Crippen LogP contribution in [0.3, 0.4) is 0 Å². The molecule has 0 aliphatic heterocycles. The molecule has 0 fully saturated rings. The Morgan fingerprint density at radius 3 is 2.80 bits per heavy atom. The van der Waals surface area contributed by atoms with Crippen LogP contribution >= 0.6 is 11.8 Å². The first kappa shape index (κ1) is 12.7. The maximum absolute atomic E-state index is 3.51. The minimum absolute atomic E-state index is 0.323. The van der Waals surface area contributed by atoms with Crippen LogP contribution in [0.25, 0.3) is 0 Å². The molecule has 0 atom stereocenters. The zero-order valence-electron chi connectivity index (χ0n) is 10.2. The van der Waals surface area contributed by atoms with Crippen LogP contribution < -0.4 is 5.32 Å². The van der Waals surface area contributed by atoms with E-state index in [4.69, 9.17) is 0 Å². The predicted octanol–water partition coefficient (Wildman–Crippen LogP) is 2.74. The van der Waals surface area contributed by atoms with Gasteiger partial charge in [0, 0.05) is 36.3 Å². The number of rotatable bonds is 6. The lowest BCUT2D eigenvalue weighted by molar-refractivity contribution is 0.569. The molecule has 1 aromatic heterocycles. The van der Waals surface area contributed by atoms with E-state index in [0.717, 1.165) is 19.6 Å². The van der Waals surface area contributed by atoms with Crippen molar-refractivity contribution in [2.75, 3.05) is 12.8 Å². The summed E-state index contributed by atoms with van der Waals surface area (Å²) in [5.74, 6) is 0. The Bertz CT molecular complexity index is 292. The van der Waals surface area contributed by atoms with Crippen molar-refractivity contribution in [3.05, 3.63) is 24.0 Å². The number of aromatic nitrogens is 1. The van der Waals surface area contributed by atoms with Gasteiger partial charge in [0.1, 0.15) is 0 Å². The van der Waals surface area contributed by atoms with Crippen molar-refractivity contribution in [1.82, 2.24) is 9.88 Å². The molecule has 1 rings (SSSR count). The molecule has 0 aliphatic carbocycles. The number of hydrogen-bond donors (Lipinski definition) is 1. The summed E-state index contributed by atoms with van der Waals surface area (Å²) in [5, 5.41) is 3.51. The van der Waals surface area contributed by atoms with Gasteiger partial charge in [0.2, 0.25) is 0 Å². The van der Waals surface area contributed by atoms with E-state index in [2.05, 4.69) is 55.2 Å². The van der Waals surface area contributed by atoms with Gasteiger partial charge in [0.05, 0.1) is 0 Å². The summed E-state index contributed by atoms with van der Waals surface area (Å²) < 4.78 is 2.60. The molecule has 3 heteroatoms. The van der Waals surface area contributed by atoms with E-state index >= 15 is 0 Å². The average Bonchev–Trinajstić information content (AvgIpc) is 2.65. The monoisotopic (exact) mass is 226 g/mol. The van der Waals surface area contributed by atoms with E-state index in [9.17, 15) is 0 Å². The van der Waals surface area contributed by atoms with Crippen molar-refractivity contribution >= 4 is 11.8 Å². The smallest absolute Gasteiger partial charge is 0.0359 e. The highest BCUT2D eigenvalue weighted by molar-refractivity contribution is 7.99. The van der Waals surface area contributed by atoms with Crippen LogP contribution in [0.5, 0.6) is 0 Å². The van der Waals surface area contributed by atoms with E-state index in [1.165, 1.54) is 5.69 Å². The maximum atomic E-state index is 3.51. The highest BCUT2D eigenvalue weighted by atomic mass is 32.2. The van der Waals surface area contributed by atoms with Crippen molar-refractivity contribution in [3.63, 3.8) is 0 Å². The van der Waals surface area contributed by atoms with E-state index in [-0.39, 0.29) is 0 Å². The van der Waals surface area contributed by atoms with Crippen LogP contribution in [-0.2, 0) is 13.1 Å². The van der Waals surface area contributed by atoms with Crippen LogP contribution in [0.4, 0.5) is 0 Å². The molecular formula is C12H22N2S. The minimum atomic E-state index is 0.323. The predicted molar refractivity (Wildman–Crippen MR) is 69.4 cm³/mol. The zero-order valence-corrected chi connectivity index (χ0v) is 11.0. The first-order chi connectivity index (χ1) is 7.09. The number of nitrogens with one attached hydrogen (secondary N) is 1. The summed E-state index contributed by atoms with van der Waals surface area (Å²) >= 11 is 1.90. The largest absolute Gasteiger partial charge is 0.351 e. The Kier molecular flexibility index (Phi) is 4.74. The van der Waals surface area contributed by atoms with E-state index in [1.54, 1.807) is 0 Å². The molecule has 2 nitrogen and oxygen atoms in total. The molecule has 0 saturated carbocycles. The Balaban J connectivity index is 2.38. The summed E-state index contributed by atoms with van der Waals surface area (Å²) in [6, 6.07) is 4.29. The van der Waals surface area contributed by atoms with E-state index in [0.29, 0.717) is 4.75 Å². The van der Waals surface area contributed by atoms with E-state index in [1.807, 2.05) is 11.8 Å². The third-order valence-electron chi connectivity index (χ3n) is 2.67. The number of thioether (sulfide) groups is 1. The molecule has 0 spiro atoms. The molecule has 86 valence electrons. The van der Waals surface area contributed by atoms with Gasteiger partial charge in [-0.2, -0.15) is 11.8 Å². The van der Waals surface area contributed by atoms with Gasteiger partial charge in [-0.15, -0.1) is 0 Å². The van der Waals surface area contributed by atoms with Crippen molar-refractivity contribution in [2.45, 2.75) is 38.6 Å². The summed E-state index contributed by atoms with van der Waals surface area (Å²) in [6.07, 6.45) is 4.30. The number of nitrogens with zero attached hydrogens (tertiary/aromatic N) is 1. The molecule has 0 radical (unpaired) electrons. The summed E-state index contributed by atoms with van der Waals surface area (Å²) in [6.45, 7) is 9.77. The Morgan fingerprint density at radius 2 is 2.20 bits per heavy atom. The summed E-state index contributed by atoms with van der Waals surface area (Å²) in [5.41, 5.74) is 1.37. The second-order valence-corrected chi connectivity index (χ2v) is 5.87. The first-order valence-corrected chi connectivity index (χ1v) is 6.71. The molecule has 15 heavy (non-hydrogen) atoms. The zero-order chi connectivity index (χ0) is 11.3. The van der Waals surface area contributed by atoms with Gasteiger partial charge in [-0.1, -0.05) is 0 Å². The minimum Gasteiger partial charge on any atom is -0.351 e. The molecule has 0 bridgehead atoms. The van der Waals surface area contributed by atoms with Crippen LogP contribution in [0.1, 0.15) is 26.5 Å². The summed E-state index contributed by atoms with van der Waals surface area (Å²) in [4.78, 5) is 0. The quantitative estimate of drug-likeness (QED) is 0.803. The third-order valence-corrected chi connectivity index (χ3v) is 3.92. The molecule has 0 amide bonds. The van der Waals surface area contributed by atoms with Gasteiger partial charge in [-0.3, -0.25) is 0 Å². The SMILES string of the molecule is CCn1cccc1CNCC(C)(C)SC. The van der Waals surface area contributed by atoms with Crippen LogP contribution in [-0.4, -0.2) is 22.1 Å². The maximum Gasteiger partial charge on any atom is 0.0359 e. The first-order valence-electron chi connectivity index (χ1n) is 5.49. The highest BCUT2D eigenvalue weighted by Gasteiger charge is 2.14. The summed E-state index contributed by atoms with van der Waals surface area (Å²) in [7, 11) is 0. The fourth-order valence-electron chi connectivity index (χ4n) is 1.48. The molecular weight excluding hydrogens is 204 g/mol. The van der Waals surface area contributed by atoms with Crippen molar-refractivity contribution in [2.24, 2.45) is 0 Å². The molecule has 0 unspecified atom stereocenters. The Hall–Kier alpha value is -0.410. The Morgan fingerprint density at radius 1 is 1.47 bits per heavy atom. The molecule has 1 heterocycles. The van der Waals surface area contributed by atoms with Gasteiger partial charge in [0.15, 0.2) is 0 Å². The van der Waals surface area contributed by atoms with E-state index < -0.39 is 0 Å². The van der Waals surface area contributed by atoms with Crippen molar-refractivity contribution in [3.8, 4) is 0 Å². The molecule has 1 aromatic rings. The normalized spacial score (nSPS) is 12.0. The fraction of sp³-hybridized carbons (Fsp3) is 0.667. The number of hydrogen-bond acceptors (Lipinski definition) is 2. The van der Waals surface area contributed by atoms with Crippen LogP contribution in [0, 0.1) is 0 Å². The van der Waals surface area contributed by atoms with Gasteiger partial charge >= 0.3 is 0 Å². The van der Waals surface area contributed by atoms with Gasteiger partial charge in [-0.25, -0.2) is 0 Å². The molecule has 0 aromatic carbocycles. The van der Waals surface area contributed by atoms with Crippen molar-refractivity contribution in [1.29, 1.82) is 0 Å². The standard InChI is InChI=1S/C12H22N2S/c1-5-14-8-6-7-11(14)9-13-10-12(2,3)15-4/h6-8,13H,5,9-10H2,1-4H3. The third kappa shape index (κ3) is 3.92. The fourth-order valence-corrected chi connectivity index (χ4v) is 1.73. The molecule has 0 saturated heterocycles. The van der Waals surface area contributed by atoms with Crippen LogP contribution in [0.2, 0.25) is 0 Å². The Labute approximate surface area is 97.4 Å². The van der Waals surface area contributed by atoms with Gasteiger partial charge < -0.3 is 9.88 Å². The van der Waals surface area contributed by atoms with Crippen LogP contribution in [0.15, 0.2) is 18.3 Å². The van der Waals surface area contributed by atoms with Crippen molar-refractivity contribution < 1.29 is 0 Å². The second-order valence-electron chi connectivity index (χ2n) is 4.35. The lowest BCUT2D eigenvalue weighted by Crippen LogP contribution is -2.32. The average molecular weight is 226 g/mol. The second kappa shape index (κ2) is 5.61. The lowest BCUT2D eigenvalue weighted by atomic mass is 10.2. The molecule has 0 aliphatic rings. The number of aryl methyl sites for hydroxylation is 1. The lowest BCUT2D eigenvalue weighted by Gasteiger charge is -2.22. The van der Waals surface area contributed by atoms with Gasteiger partial charge in [-0.05, 0) is 39.2 Å². The highest BCUT2D eigenvalue weighted by Crippen LogP contribution is 2.19.